The number of hydrogen-bond acceptors (Lipinski definition) is 14. The first-order valence-corrected chi connectivity index (χ1v) is 19.1. The van der Waals surface area contributed by atoms with Crippen LogP contribution >= 0.6 is 0 Å². The highest BCUT2D eigenvalue weighted by Gasteiger charge is 2.53. The van der Waals surface area contributed by atoms with E-state index in [1.807, 2.05) is 46.7 Å². The molecule has 0 bridgehead atoms. The van der Waals surface area contributed by atoms with E-state index in [2.05, 4.69) is 5.16 Å². The lowest BCUT2D eigenvalue weighted by atomic mass is 9.73. The smallest absolute Gasteiger partial charge is 0.311 e. The van der Waals surface area contributed by atoms with E-state index in [4.69, 9.17) is 23.7 Å². The normalized spacial score (nSPS) is 49.8. The van der Waals surface area contributed by atoms with Crippen molar-refractivity contribution < 1.29 is 59.2 Å². The number of aliphatic hydroxyl groups excluding tert-OH is 3. The molecular formula is C38H70N2O12. The van der Waals surface area contributed by atoms with Crippen LogP contribution in [0.15, 0.2) is 5.16 Å². The van der Waals surface area contributed by atoms with Crippen LogP contribution in [0.4, 0.5) is 0 Å². The van der Waals surface area contributed by atoms with Gasteiger partial charge < -0.3 is 59.3 Å². The summed E-state index contributed by atoms with van der Waals surface area (Å²) in [5.74, 6) is -4.19. The summed E-state index contributed by atoms with van der Waals surface area (Å²) < 4.78 is 31.5. The van der Waals surface area contributed by atoms with E-state index in [9.17, 15) is 35.5 Å². The van der Waals surface area contributed by atoms with Crippen molar-refractivity contribution in [1.82, 2.24) is 4.90 Å². The van der Waals surface area contributed by atoms with Crippen molar-refractivity contribution in [1.29, 1.82) is 0 Å². The Morgan fingerprint density at radius 2 is 1.54 bits per heavy atom. The molecule has 3 aliphatic rings. The second-order valence-corrected chi connectivity index (χ2v) is 17.2. The van der Waals surface area contributed by atoms with Crippen LogP contribution in [-0.2, 0) is 28.5 Å². The van der Waals surface area contributed by atoms with Gasteiger partial charge >= 0.3 is 5.97 Å². The lowest BCUT2D eigenvalue weighted by molar-refractivity contribution is -0.301. The number of methoxy groups -OCH3 is 1. The summed E-state index contributed by atoms with van der Waals surface area (Å²) in [5.41, 5.74) is -4.47. The minimum absolute atomic E-state index is 0.0345. The van der Waals surface area contributed by atoms with E-state index in [1.165, 1.54) is 14.0 Å². The molecule has 1 saturated carbocycles. The molecule has 3 fully saturated rings. The molecule has 0 aromatic carbocycles. The quantitative estimate of drug-likeness (QED) is 0.126. The molecule has 3 rings (SSSR count). The Balaban J connectivity index is 2.21. The van der Waals surface area contributed by atoms with Gasteiger partial charge in [0.2, 0.25) is 0 Å². The molecule has 1 aliphatic carbocycles. The van der Waals surface area contributed by atoms with E-state index in [0.717, 1.165) is 0 Å². The molecule has 0 aromatic rings. The van der Waals surface area contributed by atoms with Crippen LogP contribution in [0.2, 0.25) is 0 Å². The van der Waals surface area contributed by atoms with Crippen LogP contribution in [0.25, 0.3) is 0 Å². The molecule has 18 atom stereocenters. The van der Waals surface area contributed by atoms with Crippen molar-refractivity contribution >= 4 is 11.7 Å². The van der Waals surface area contributed by atoms with E-state index in [0.29, 0.717) is 19.3 Å². The van der Waals surface area contributed by atoms with Gasteiger partial charge in [-0.15, -0.1) is 0 Å². The van der Waals surface area contributed by atoms with Gasteiger partial charge in [-0.3, -0.25) is 4.79 Å². The van der Waals surface area contributed by atoms with Crippen molar-refractivity contribution in [2.45, 2.75) is 179 Å². The summed E-state index contributed by atoms with van der Waals surface area (Å²) in [4.78, 5) is 16.1. The zero-order chi connectivity index (χ0) is 39.7. The zero-order valence-corrected chi connectivity index (χ0v) is 33.7. The standard InChI is InChI=1S/C38H70N2O12/c1-14-27-38(10,46)32(43)22(5)28(39-47)20(3)17-36(8,45)33(52-35-29(41)26(40(11)12)16-21(4)49-35)23(6)30(24(7)34(44)51-27)50-25-15-19(2)31(42)37(9,18-25)48-13/h19-27,29-33,35,41-43,45-47H,14-18H2,1-13H3/b39-28+/t19-,20-,21-,22+,23+,24-,25-,26+,27-,29-,30+,31+,32-,33-,35+,36?,37-,38-/m1/s1. The number of rotatable bonds is 7. The molecule has 14 heteroatoms. The third-order valence-electron chi connectivity index (χ3n) is 12.4. The maximum Gasteiger partial charge on any atom is 0.311 e. The third kappa shape index (κ3) is 9.49. The van der Waals surface area contributed by atoms with Crippen LogP contribution in [0.3, 0.4) is 0 Å². The number of likely N-dealkylation sites (N-methyl/N-ethyl adjacent to an activating group) is 1. The average molecular weight is 747 g/mol. The maximum atomic E-state index is 14.2. The minimum atomic E-state index is -1.94. The summed E-state index contributed by atoms with van der Waals surface area (Å²) in [6, 6.07) is -0.302. The van der Waals surface area contributed by atoms with Crippen LogP contribution in [0.5, 0.6) is 0 Å². The fraction of sp³-hybridized carbons (Fsp3) is 0.947. The van der Waals surface area contributed by atoms with Crippen molar-refractivity contribution in [2.24, 2.45) is 34.7 Å². The fourth-order valence-corrected chi connectivity index (χ4v) is 9.17. The summed E-state index contributed by atoms with van der Waals surface area (Å²) >= 11 is 0. The number of ether oxygens (including phenoxy) is 5. The molecule has 0 aromatic heterocycles. The van der Waals surface area contributed by atoms with Gasteiger partial charge in [0.25, 0.3) is 0 Å². The van der Waals surface area contributed by atoms with Gasteiger partial charge in [0, 0.05) is 37.3 Å². The lowest BCUT2D eigenvalue weighted by Gasteiger charge is -2.49. The Morgan fingerprint density at radius 1 is 0.923 bits per heavy atom. The van der Waals surface area contributed by atoms with Gasteiger partial charge in [-0.05, 0) is 80.3 Å². The highest BCUT2D eigenvalue weighted by molar-refractivity contribution is 5.88. The molecule has 2 saturated heterocycles. The molecular weight excluding hydrogens is 676 g/mol. The second kappa shape index (κ2) is 17.6. The van der Waals surface area contributed by atoms with Crippen molar-refractivity contribution in [3.8, 4) is 0 Å². The van der Waals surface area contributed by atoms with Gasteiger partial charge in [-0.25, -0.2) is 0 Å². The first-order valence-electron chi connectivity index (χ1n) is 19.1. The number of cyclic esters (lactones) is 1. The third-order valence-corrected chi connectivity index (χ3v) is 12.4. The molecule has 304 valence electrons. The van der Waals surface area contributed by atoms with Crippen molar-refractivity contribution in [3.63, 3.8) is 0 Å². The number of hydrogen-bond donors (Lipinski definition) is 6. The molecule has 6 N–H and O–H groups in total. The predicted molar refractivity (Wildman–Crippen MR) is 194 cm³/mol. The van der Waals surface area contributed by atoms with E-state index >= 15 is 0 Å². The van der Waals surface area contributed by atoms with Gasteiger partial charge in [0.1, 0.15) is 17.8 Å². The molecule has 0 radical (unpaired) electrons. The number of carbonyl (C=O) groups excluding carboxylic acids is 1. The van der Waals surface area contributed by atoms with E-state index in [1.54, 1.807) is 34.6 Å². The summed E-state index contributed by atoms with van der Waals surface area (Å²) in [6.45, 7) is 17.2. The zero-order valence-electron chi connectivity index (χ0n) is 33.7. The van der Waals surface area contributed by atoms with Gasteiger partial charge in [-0.2, -0.15) is 0 Å². The number of nitrogens with zero attached hydrogens (tertiary/aromatic N) is 2. The summed E-state index contributed by atoms with van der Waals surface area (Å²) in [7, 11) is 5.27. The van der Waals surface area contributed by atoms with Gasteiger partial charge in [-0.1, -0.05) is 39.8 Å². The molecule has 52 heavy (non-hydrogen) atoms. The lowest BCUT2D eigenvalue weighted by Crippen LogP contribution is -2.60. The molecule has 0 spiro atoms. The number of oxime groups is 1. The van der Waals surface area contributed by atoms with Crippen molar-refractivity contribution in [3.05, 3.63) is 0 Å². The molecule has 0 amide bonds. The topological polar surface area (TPSA) is 200 Å². The molecule has 2 aliphatic heterocycles. The van der Waals surface area contributed by atoms with Crippen LogP contribution < -0.4 is 0 Å². The maximum absolute atomic E-state index is 14.2. The monoisotopic (exact) mass is 746 g/mol. The average Bonchev–Trinajstić information content (AvgIpc) is 3.06. The predicted octanol–water partition coefficient (Wildman–Crippen LogP) is 2.71. The minimum Gasteiger partial charge on any atom is -0.459 e. The van der Waals surface area contributed by atoms with Crippen molar-refractivity contribution in [2.75, 3.05) is 21.2 Å². The molecule has 1 unspecified atom stereocenters. The Morgan fingerprint density at radius 3 is 2.08 bits per heavy atom. The van der Waals surface area contributed by atoms with Crippen LogP contribution in [0, 0.1) is 29.6 Å². The first-order chi connectivity index (χ1) is 24.0. The number of carbonyl (C=O) groups is 1. The Bertz CT molecular complexity index is 1200. The summed E-state index contributed by atoms with van der Waals surface area (Å²) in [6.07, 6.45) is -7.02. The van der Waals surface area contributed by atoms with Crippen LogP contribution in [0.1, 0.15) is 101 Å². The largest absolute Gasteiger partial charge is 0.459 e. The van der Waals surface area contributed by atoms with Gasteiger partial charge in [0.15, 0.2) is 6.29 Å². The second-order valence-electron chi connectivity index (χ2n) is 17.2. The first kappa shape index (κ1) is 44.9. The van der Waals surface area contributed by atoms with Gasteiger partial charge in [0.05, 0.1) is 59.5 Å². The SMILES string of the molecule is CC[C@H]1OC(=O)[C@H](C)[C@@H](O[C@@H]2C[C@@H](C)[C@H](O)[C@](C)(OC)C2)[C@H](C)[C@@H](O[C@@H]2O[C@H](C)C[C@H](N(C)C)[C@H]2O)C(C)(O)C[C@@H](C)/C(=N\O)[C@H](C)[C@@H](O)[C@]1(C)O. The number of esters is 1. The fourth-order valence-electron chi connectivity index (χ4n) is 9.17. The highest BCUT2D eigenvalue weighted by atomic mass is 16.7. The molecule has 14 nitrogen and oxygen atoms in total. The van der Waals surface area contributed by atoms with E-state index < -0.39 is 95.5 Å². The Hall–Kier alpha value is -1.46. The summed E-state index contributed by atoms with van der Waals surface area (Å²) in [5, 5.41) is 72.0. The Labute approximate surface area is 310 Å². The highest BCUT2D eigenvalue weighted by Crippen LogP contribution is 2.42. The number of aliphatic hydroxyl groups is 5. The Kier molecular flexibility index (Phi) is 15.2. The van der Waals surface area contributed by atoms with Crippen LogP contribution in [-0.4, -0.2) is 146 Å². The van der Waals surface area contributed by atoms with E-state index in [-0.39, 0.29) is 36.6 Å². The molecule has 2 heterocycles.